The first-order valence-corrected chi connectivity index (χ1v) is 8.97. The molecular weight excluding hydrogens is 334 g/mol. The fourth-order valence-electron chi connectivity index (χ4n) is 3.97. The summed E-state index contributed by atoms with van der Waals surface area (Å²) in [6.07, 6.45) is 0.182. The van der Waals surface area contributed by atoms with Gasteiger partial charge in [0, 0.05) is 13.0 Å². The monoisotopic (exact) mass is 363 g/mol. The Kier molecular flexibility index (Phi) is 5.66. The van der Waals surface area contributed by atoms with Crippen LogP contribution in [-0.2, 0) is 20.9 Å². The second kappa shape index (κ2) is 7.27. The second-order valence-electron chi connectivity index (χ2n) is 7.91. The molecule has 1 fully saturated rings. The van der Waals surface area contributed by atoms with Gasteiger partial charge < -0.3 is 14.6 Å². The van der Waals surface area contributed by atoms with Gasteiger partial charge in [-0.05, 0) is 39.7 Å². The lowest BCUT2D eigenvalue weighted by atomic mass is 9.77. The smallest absolute Gasteiger partial charge is 0.411 e. The standard InChI is InChI=1S/C20H29NO5/c1-6-12-21(17(24)25-13-15-10-8-7-9-11-15)20(16(22)23)14-18(2,3)26-19(20,4)5/h7-11H,6,12-14H2,1-5H3,(H,22,23). The van der Waals surface area contributed by atoms with Crippen LogP contribution in [0.2, 0.25) is 0 Å². The summed E-state index contributed by atoms with van der Waals surface area (Å²) >= 11 is 0. The number of amides is 1. The SMILES string of the molecule is CCCN(C(=O)OCc1ccccc1)C1(C(=O)O)CC(C)(C)OC1(C)C. The minimum Gasteiger partial charge on any atom is -0.479 e. The quantitative estimate of drug-likeness (QED) is 0.831. The van der Waals surface area contributed by atoms with Gasteiger partial charge in [0.05, 0.1) is 11.2 Å². The zero-order chi connectivity index (χ0) is 19.6. The van der Waals surface area contributed by atoms with Gasteiger partial charge in [0.15, 0.2) is 5.54 Å². The molecule has 1 aliphatic rings. The summed E-state index contributed by atoms with van der Waals surface area (Å²) in [7, 11) is 0. The lowest BCUT2D eigenvalue weighted by Crippen LogP contribution is -2.66. The summed E-state index contributed by atoms with van der Waals surface area (Å²) in [5.74, 6) is -1.07. The van der Waals surface area contributed by atoms with E-state index in [-0.39, 0.29) is 19.6 Å². The van der Waals surface area contributed by atoms with Gasteiger partial charge in [0.2, 0.25) is 0 Å². The number of hydrogen-bond donors (Lipinski definition) is 1. The van der Waals surface area contributed by atoms with Crippen LogP contribution >= 0.6 is 0 Å². The average Bonchev–Trinajstić information content (AvgIpc) is 2.76. The van der Waals surface area contributed by atoms with E-state index < -0.39 is 28.8 Å². The number of ether oxygens (including phenoxy) is 2. The molecule has 26 heavy (non-hydrogen) atoms. The molecule has 1 aromatic rings. The van der Waals surface area contributed by atoms with Crippen LogP contribution in [0.3, 0.4) is 0 Å². The highest BCUT2D eigenvalue weighted by Gasteiger charge is 2.66. The van der Waals surface area contributed by atoms with Crippen molar-refractivity contribution in [2.45, 2.75) is 70.8 Å². The van der Waals surface area contributed by atoms with Crippen molar-refractivity contribution in [3.63, 3.8) is 0 Å². The maximum absolute atomic E-state index is 12.9. The van der Waals surface area contributed by atoms with E-state index in [1.807, 2.05) is 51.1 Å². The number of aliphatic carboxylic acids is 1. The van der Waals surface area contributed by atoms with Gasteiger partial charge in [0.1, 0.15) is 6.61 Å². The van der Waals surface area contributed by atoms with Gasteiger partial charge in [-0.3, -0.25) is 4.90 Å². The zero-order valence-electron chi connectivity index (χ0n) is 16.2. The fraction of sp³-hybridized carbons (Fsp3) is 0.600. The lowest BCUT2D eigenvalue weighted by Gasteiger charge is -2.44. The Hall–Kier alpha value is -2.08. The summed E-state index contributed by atoms with van der Waals surface area (Å²) in [5, 5.41) is 10.1. The normalized spacial score (nSPS) is 23.4. The minimum absolute atomic E-state index is 0.0975. The molecule has 1 aromatic carbocycles. The molecule has 6 heteroatoms. The van der Waals surface area contributed by atoms with Crippen molar-refractivity contribution in [1.29, 1.82) is 0 Å². The Balaban J connectivity index is 2.33. The third-order valence-electron chi connectivity index (χ3n) is 4.90. The molecular formula is C20H29NO5. The Bertz CT molecular complexity index is 655. The van der Waals surface area contributed by atoms with E-state index in [0.717, 1.165) is 5.56 Å². The Morgan fingerprint density at radius 1 is 1.19 bits per heavy atom. The lowest BCUT2D eigenvalue weighted by molar-refractivity contribution is -0.163. The molecule has 1 heterocycles. The maximum Gasteiger partial charge on any atom is 0.411 e. The number of nitrogens with zero attached hydrogens (tertiary/aromatic N) is 1. The van der Waals surface area contributed by atoms with Crippen LogP contribution in [0.15, 0.2) is 30.3 Å². The van der Waals surface area contributed by atoms with E-state index in [0.29, 0.717) is 6.42 Å². The van der Waals surface area contributed by atoms with E-state index >= 15 is 0 Å². The van der Waals surface area contributed by atoms with Gasteiger partial charge in [-0.15, -0.1) is 0 Å². The van der Waals surface area contributed by atoms with Crippen LogP contribution in [0.4, 0.5) is 4.79 Å². The summed E-state index contributed by atoms with van der Waals surface area (Å²) in [5.41, 5.74) is -2.35. The summed E-state index contributed by atoms with van der Waals surface area (Å²) < 4.78 is 11.5. The van der Waals surface area contributed by atoms with Crippen LogP contribution in [0, 0.1) is 0 Å². The first kappa shape index (κ1) is 20.2. The number of hydrogen-bond acceptors (Lipinski definition) is 4. The van der Waals surface area contributed by atoms with Crippen molar-refractivity contribution < 1.29 is 24.2 Å². The molecule has 1 aliphatic heterocycles. The number of carbonyl (C=O) groups excluding carboxylic acids is 1. The third kappa shape index (κ3) is 3.70. The summed E-state index contributed by atoms with van der Waals surface area (Å²) in [6.45, 7) is 9.42. The molecule has 0 aromatic heterocycles. The van der Waals surface area contributed by atoms with Gasteiger partial charge in [-0.2, -0.15) is 0 Å². The number of benzene rings is 1. The van der Waals surface area contributed by atoms with Crippen molar-refractivity contribution >= 4 is 12.1 Å². The molecule has 1 unspecified atom stereocenters. The van der Waals surface area contributed by atoms with Gasteiger partial charge in [-0.1, -0.05) is 37.3 Å². The molecule has 0 bridgehead atoms. The van der Waals surface area contributed by atoms with E-state index in [2.05, 4.69) is 0 Å². The molecule has 2 rings (SSSR count). The highest BCUT2D eigenvalue weighted by Crippen LogP contribution is 2.49. The molecule has 0 aliphatic carbocycles. The number of carboxylic acid groups (broad SMARTS) is 1. The van der Waals surface area contributed by atoms with Crippen molar-refractivity contribution in [2.75, 3.05) is 6.54 Å². The van der Waals surface area contributed by atoms with Crippen molar-refractivity contribution in [3.8, 4) is 0 Å². The van der Waals surface area contributed by atoms with E-state index in [1.54, 1.807) is 13.8 Å². The van der Waals surface area contributed by atoms with Gasteiger partial charge in [0.25, 0.3) is 0 Å². The molecule has 1 amide bonds. The van der Waals surface area contributed by atoms with E-state index in [1.165, 1.54) is 4.90 Å². The van der Waals surface area contributed by atoms with Crippen LogP contribution < -0.4 is 0 Å². The molecule has 1 saturated heterocycles. The third-order valence-corrected chi connectivity index (χ3v) is 4.90. The van der Waals surface area contributed by atoms with Gasteiger partial charge >= 0.3 is 12.1 Å². The van der Waals surface area contributed by atoms with Crippen LogP contribution in [0.25, 0.3) is 0 Å². The minimum atomic E-state index is -1.49. The maximum atomic E-state index is 12.9. The molecule has 144 valence electrons. The van der Waals surface area contributed by atoms with Crippen LogP contribution in [0.1, 0.15) is 53.0 Å². The van der Waals surface area contributed by atoms with Crippen LogP contribution in [0.5, 0.6) is 0 Å². The van der Waals surface area contributed by atoms with Crippen molar-refractivity contribution in [3.05, 3.63) is 35.9 Å². The predicted octanol–water partition coefficient (Wildman–Crippen LogP) is 3.84. The Morgan fingerprint density at radius 2 is 1.81 bits per heavy atom. The van der Waals surface area contributed by atoms with Crippen molar-refractivity contribution in [2.24, 2.45) is 0 Å². The Morgan fingerprint density at radius 3 is 2.27 bits per heavy atom. The molecule has 0 radical (unpaired) electrons. The molecule has 0 spiro atoms. The molecule has 0 saturated carbocycles. The van der Waals surface area contributed by atoms with Crippen molar-refractivity contribution in [1.82, 2.24) is 4.90 Å². The average molecular weight is 363 g/mol. The fourth-order valence-corrected chi connectivity index (χ4v) is 3.97. The topological polar surface area (TPSA) is 76.1 Å². The number of carboxylic acids is 1. The van der Waals surface area contributed by atoms with Gasteiger partial charge in [-0.25, -0.2) is 9.59 Å². The van der Waals surface area contributed by atoms with E-state index in [4.69, 9.17) is 9.47 Å². The Labute approximate surface area is 155 Å². The van der Waals surface area contributed by atoms with E-state index in [9.17, 15) is 14.7 Å². The molecule has 6 nitrogen and oxygen atoms in total. The summed E-state index contributed by atoms with van der Waals surface area (Å²) in [4.78, 5) is 26.6. The highest BCUT2D eigenvalue weighted by atomic mass is 16.6. The predicted molar refractivity (Wildman–Crippen MR) is 97.9 cm³/mol. The number of carbonyl (C=O) groups is 2. The first-order valence-electron chi connectivity index (χ1n) is 8.97. The highest BCUT2D eigenvalue weighted by molar-refractivity contribution is 5.86. The molecule has 1 N–H and O–H groups in total. The summed E-state index contributed by atoms with van der Waals surface area (Å²) in [6, 6.07) is 9.32. The second-order valence-corrected chi connectivity index (χ2v) is 7.91. The number of rotatable bonds is 6. The molecule has 1 atom stereocenters. The largest absolute Gasteiger partial charge is 0.479 e. The first-order chi connectivity index (χ1) is 12.1. The van der Waals surface area contributed by atoms with Crippen LogP contribution in [-0.4, -0.2) is 45.4 Å². The zero-order valence-corrected chi connectivity index (χ0v) is 16.2.